The van der Waals surface area contributed by atoms with Gasteiger partial charge in [0, 0.05) is 0 Å². The van der Waals surface area contributed by atoms with E-state index in [0.717, 1.165) is 11.4 Å². The Morgan fingerprint density at radius 1 is 0.714 bits per heavy atom. The van der Waals surface area contributed by atoms with Gasteiger partial charge in [-0.25, -0.2) is 0 Å². The van der Waals surface area contributed by atoms with Crippen molar-refractivity contribution < 1.29 is 5.11 Å². The van der Waals surface area contributed by atoms with Gasteiger partial charge >= 0.3 is 0 Å². The van der Waals surface area contributed by atoms with Crippen LogP contribution in [0.5, 0.6) is 5.75 Å². The summed E-state index contributed by atoms with van der Waals surface area (Å²) < 4.78 is 0. The molecule has 2 aromatic rings. The van der Waals surface area contributed by atoms with Crippen LogP contribution in [-0.4, -0.2) is 5.11 Å². The number of azo groups is 1. The quantitative estimate of drug-likeness (QED) is 0.681. The fourth-order valence-electron chi connectivity index (χ4n) is 2.02. The molecule has 0 aromatic heterocycles. The molecule has 0 saturated heterocycles. The zero-order chi connectivity index (χ0) is 15.4. The van der Waals surface area contributed by atoms with E-state index in [1.165, 1.54) is 11.1 Å². The predicted octanol–water partition coefficient (Wildman–Crippen LogP) is 6.05. The summed E-state index contributed by atoms with van der Waals surface area (Å²) in [7, 11) is 0. The minimum absolute atomic E-state index is 0.234. The molecule has 0 spiro atoms. The normalized spacial score (nSPS) is 11.7. The van der Waals surface area contributed by atoms with Crippen molar-refractivity contribution in [1.82, 2.24) is 0 Å². The first-order valence-corrected chi connectivity index (χ1v) is 7.31. The van der Waals surface area contributed by atoms with Crippen molar-refractivity contribution in [3.8, 4) is 5.75 Å². The van der Waals surface area contributed by atoms with E-state index in [-0.39, 0.29) is 5.75 Å². The summed E-state index contributed by atoms with van der Waals surface area (Å²) >= 11 is 0. The molecule has 0 radical (unpaired) electrons. The number of rotatable bonds is 4. The average molecular weight is 282 g/mol. The second-order valence-corrected chi connectivity index (χ2v) is 5.88. The maximum Gasteiger partial charge on any atom is 0.115 e. The average Bonchev–Trinajstić information content (AvgIpc) is 2.46. The lowest BCUT2D eigenvalue weighted by atomic mass is 9.95. The van der Waals surface area contributed by atoms with E-state index < -0.39 is 0 Å². The van der Waals surface area contributed by atoms with Crippen molar-refractivity contribution in [3.05, 3.63) is 53.6 Å². The highest BCUT2D eigenvalue weighted by Crippen LogP contribution is 2.28. The van der Waals surface area contributed by atoms with Crippen molar-refractivity contribution >= 4 is 11.4 Å². The third-order valence-corrected chi connectivity index (χ3v) is 3.43. The Hall–Kier alpha value is -2.16. The summed E-state index contributed by atoms with van der Waals surface area (Å²) in [5.41, 5.74) is 4.16. The summed E-state index contributed by atoms with van der Waals surface area (Å²) in [5, 5.41) is 17.8. The molecule has 0 atom stereocenters. The first-order chi connectivity index (χ1) is 9.95. The summed E-state index contributed by atoms with van der Waals surface area (Å²) in [4.78, 5) is 0. The van der Waals surface area contributed by atoms with Crippen molar-refractivity contribution in [1.29, 1.82) is 0 Å². The lowest BCUT2D eigenvalue weighted by molar-refractivity contribution is 0.475. The zero-order valence-corrected chi connectivity index (χ0v) is 13.0. The Kier molecular flexibility index (Phi) is 4.73. The van der Waals surface area contributed by atoms with E-state index in [0.29, 0.717) is 11.8 Å². The van der Waals surface area contributed by atoms with E-state index in [4.69, 9.17) is 0 Å². The Morgan fingerprint density at radius 2 is 1.19 bits per heavy atom. The SMILES string of the molecule is CC(C)c1cc(N=Nc2ccc(O)cc2)cc(C(C)C)c1. The Bertz CT molecular complexity index is 602. The van der Waals surface area contributed by atoms with Crippen molar-refractivity contribution in [2.75, 3.05) is 0 Å². The van der Waals surface area contributed by atoms with E-state index in [1.54, 1.807) is 24.3 Å². The standard InChI is InChI=1S/C18H22N2O/c1-12(2)14-9-15(13(3)4)11-17(10-14)20-19-16-5-7-18(21)8-6-16/h5-13,21H,1-4H3. The molecule has 2 rings (SSSR count). The molecule has 110 valence electrons. The van der Waals surface area contributed by atoms with Gasteiger partial charge in [-0.15, -0.1) is 0 Å². The topological polar surface area (TPSA) is 45.0 Å². The number of phenolic OH excluding ortho intramolecular Hbond substituents is 1. The Balaban J connectivity index is 2.32. The molecule has 0 aliphatic carbocycles. The number of hydrogen-bond donors (Lipinski definition) is 1. The number of hydrogen-bond acceptors (Lipinski definition) is 3. The van der Waals surface area contributed by atoms with Gasteiger partial charge in [0.25, 0.3) is 0 Å². The second kappa shape index (κ2) is 6.53. The monoisotopic (exact) mass is 282 g/mol. The minimum atomic E-state index is 0.234. The number of nitrogens with zero attached hydrogens (tertiary/aromatic N) is 2. The molecule has 0 saturated carbocycles. The minimum Gasteiger partial charge on any atom is -0.508 e. The first-order valence-electron chi connectivity index (χ1n) is 7.31. The smallest absolute Gasteiger partial charge is 0.115 e. The third-order valence-electron chi connectivity index (χ3n) is 3.43. The highest BCUT2D eigenvalue weighted by molar-refractivity contribution is 5.47. The highest BCUT2D eigenvalue weighted by Gasteiger charge is 2.07. The van der Waals surface area contributed by atoms with Crippen LogP contribution in [0.25, 0.3) is 0 Å². The molecule has 0 amide bonds. The lowest BCUT2D eigenvalue weighted by Gasteiger charge is -2.12. The molecule has 21 heavy (non-hydrogen) atoms. The fraction of sp³-hybridized carbons (Fsp3) is 0.333. The summed E-state index contributed by atoms with van der Waals surface area (Å²) in [5.74, 6) is 1.16. The van der Waals surface area contributed by atoms with Gasteiger partial charge in [-0.2, -0.15) is 10.2 Å². The Labute approximate surface area is 126 Å². The number of aromatic hydroxyl groups is 1. The van der Waals surface area contributed by atoms with Crippen molar-refractivity contribution in [2.24, 2.45) is 10.2 Å². The molecule has 0 unspecified atom stereocenters. The largest absolute Gasteiger partial charge is 0.508 e. The fourth-order valence-corrected chi connectivity index (χ4v) is 2.02. The summed E-state index contributed by atoms with van der Waals surface area (Å²) in [6.07, 6.45) is 0. The van der Waals surface area contributed by atoms with Gasteiger partial charge in [-0.3, -0.25) is 0 Å². The maximum atomic E-state index is 9.26. The molecule has 0 bridgehead atoms. The lowest BCUT2D eigenvalue weighted by Crippen LogP contribution is -1.92. The van der Waals surface area contributed by atoms with E-state index in [9.17, 15) is 5.11 Å². The molecule has 1 N–H and O–H groups in total. The van der Waals surface area contributed by atoms with Crippen LogP contribution in [0.3, 0.4) is 0 Å². The number of benzene rings is 2. The van der Waals surface area contributed by atoms with Crippen molar-refractivity contribution in [2.45, 2.75) is 39.5 Å². The van der Waals surface area contributed by atoms with Crippen molar-refractivity contribution in [3.63, 3.8) is 0 Å². The van der Waals surface area contributed by atoms with Crippen LogP contribution in [0.4, 0.5) is 11.4 Å². The van der Waals surface area contributed by atoms with Gasteiger partial charge in [0.15, 0.2) is 0 Å². The van der Waals surface area contributed by atoms with E-state index >= 15 is 0 Å². The maximum absolute atomic E-state index is 9.26. The Morgan fingerprint density at radius 3 is 1.67 bits per heavy atom. The summed E-state index contributed by atoms with van der Waals surface area (Å²) in [6.45, 7) is 8.72. The molecule has 3 nitrogen and oxygen atoms in total. The van der Waals surface area contributed by atoms with Gasteiger partial charge in [0.1, 0.15) is 5.75 Å². The van der Waals surface area contributed by atoms with Crippen LogP contribution < -0.4 is 0 Å². The van der Waals surface area contributed by atoms with Crippen LogP contribution >= 0.6 is 0 Å². The van der Waals surface area contributed by atoms with Gasteiger partial charge in [-0.05, 0) is 59.4 Å². The molecule has 0 aliphatic heterocycles. The number of phenols is 1. The van der Waals surface area contributed by atoms with Gasteiger partial charge in [0.2, 0.25) is 0 Å². The van der Waals surface area contributed by atoms with E-state index in [2.05, 4.69) is 56.1 Å². The van der Waals surface area contributed by atoms with Crippen LogP contribution in [0.1, 0.15) is 50.7 Å². The second-order valence-electron chi connectivity index (χ2n) is 5.88. The molecule has 0 fully saturated rings. The first kappa shape index (κ1) is 15.2. The van der Waals surface area contributed by atoms with Crippen LogP contribution in [0.15, 0.2) is 52.7 Å². The van der Waals surface area contributed by atoms with Gasteiger partial charge in [0.05, 0.1) is 11.4 Å². The zero-order valence-electron chi connectivity index (χ0n) is 13.0. The predicted molar refractivity (Wildman–Crippen MR) is 86.9 cm³/mol. The van der Waals surface area contributed by atoms with Gasteiger partial charge < -0.3 is 5.11 Å². The highest BCUT2D eigenvalue weighted by atomic mass is 16.3. The van der Waals surface area contributed by atoms with Gasteiger partial charge in [-0.1, -0.05) is 33.8 Å². The van der Waals surface area contributed by atoms with Crippen LogP contribution in [-0.2, 0) is 0 Å². The molecule has 0 aliphatic rings. The molecular formula is C18H22N2O. The van der Waals surface area contributed by atoms with Crippen LogP contribution in [0, 0.1) is 0 Å². The molecule has 0 heterocycles. The molecule has 2 aromatic carbocycles. The molecular weight excluding hydrogens is 260 g/mol. The summed E-state index contributed by atoms with van der Waals surface area (Å²) in [6, 6.07) is 13.1. The molecule has 3 heteroatoms. The van der Waals surface area contributed by atoms with E-state index in [1.807, 2.05) is 0 Å². The van der Waals surface area contributed by atoms with Crippen LogP contribution in [0.2, 0.25) is 0 Å². The third kappa shape index (κ3) is 4.15.